The summed E-state index contributed by atoms with van der Waals surface area (Å²) in [4.78, 5) is 22.7. The number of anilines is 2. The van der Waals surface area contributed by atoms with Crippen molar-refractivity contribution < 1.29 is 31.1 Å². The third-order valence-corrected chi connectivity index (χ3v) is 6.02. The van der Waals surface area contributed by atoms with E-state index in [0.717, 1.165) is 12.1 Å². The molecule has 0 bridgehead atoms. The van der Waals surface area contributed by atoms with Gasteiger partial charge in [0.25, 0.3) is 10.0 Å². The first-order chi connectivity index (χ1) is 15.3. The van der Waals surface area contributed by atoms with Crippen LogP contribution in [0.4, 0.5) is 29.6 Å². The minimum Gasteiger partial charge on any atom is -0.444 e. The molecule has 1 saturated heterocycles. The van der Waals surface area contributed by atoms with E-state index in [-0.39, 0.29) is 24.7 Å². The van der Waals surface area contributed by atoms with Gasteiger partial charge in [0.2, 0.25) is 0 Å². The first-order valence-electron chi connectivity index (χ1n) is 10.0. The van der Waals surface area contributed by atoms with Gasteiger partial charge in [-0.3, -0.25) is 4.72 Å². The number of ether oxygens (including phenoxy) is 1. The summed E-state index contributed by atoms with van der Waals surface area (Å²) in [5.74, 6) is -0.0606. The Labute approximate surface area is 189 Å². The van der Waals surface area contributed by atoms with E-state index in [1.165, 1.54) is 23.4 Å². The predicted molar refractivity (Wildman–Crippen MR) is 114 cm³/mol. The van der Waals surface area contributed by atoms with Crippen molar-refractivity contribution in [2.24, 2.45) is 0 Å². The molecule has 1 amide bonds. The van der Waals surface area contributed by atoms with Gasteiger partial charge in [-0.15, -0.1) is 0 Å². The van der Waals surface area contributed by atoms with E-state index in [0.29, 0.717) is 19.2 Å². The van der Waals surface area contributed by atoms with Crippen LogP contribution in [0.2, 0.25) is 0 Å². The molecule has 0 radical (unpaired) electrons. The molecule has 2 heterocycles. The van der Waals surface area contributed by atoms with Crippen molar-refractivity contribution in [2.45, 2.75) is 37.4 Å². The van der Waals surface area contributed by atoms with E-state index in [2.05, 4.69) is 14.7 Å². The highest BCUT2D eigenvalue weighted by Gasteiger charge is 2.37. The van der Waals surface area contributed by atoms with Gasteiger partial charge in [0.05, 0.1) is 10.5 Å². The predicted octanol–water partition coefficient (Wildman–Crippen LogP) is 3.35. The number of carbonyl (C=O) groups excluding carboxylic acids is 1. The molecular formula is C20H24F3N5O4S. The largest absolute Gasteiger partial charge is 0.444 e. The van der Waals surface area contributed by atoms with Crippen LogP contribution in [0.15, 0.2) is 41.6 Å². The fourth-order valence-electron chi connectivity index (χ4n) is 3.18. The molecule has 1 fully saturated rings. The molecule has 0 saturated carbocycles. The Kier molecular flexibility index (Phi) is 6.73. The van der Waals surface area contributed by atoms with E-state index in [1.54, 1.807) is 25.7 Å². The van der Waals surface area contributed by atoms with Crippen LogP contribution in [0.1, 0.15) is 26.3 Å². The highest BCUT2D eigenvalue weighted by Crippen LogP contribution is 2.35. The molecule has 1 N–H and O–H groups in total. The van der Waals surface area contributed by atoms with Crippen molar-refractivity contribution in [3.05, 3.63) is 42.2 Å². The Balaban J connectivity index is 1.80. The molecule has 0 spiro atoms. The van der Waals surface area contributed by atoms with Crippen LogP contribution in [0, 0.1) is 0 Å². The highest BCUT2D eigenvalue weighted by molar-refractivity contribution is 7.92. The number of hydrogen-bond donors (Lipinski definition) is 1. The van der Waals surface area contributed by atoms with Crippen molar-refractivity contribution in [3.8, 4) is 0 Å². The van der Waals surface area contributed by atoms with E-state index in [9.17, 15) is 26.4 Å². The number of sulfonamides is 1. The van der Waals surface area contributed by atoms with Crippen molar-refractivity contribution >= 4 is 27.8 Å². The Bertz CT molecular complexity index is 1110. The maximum atomic E-state index is 13.3. The summed E-state index contributed by atoms with van der Waals surface area (Å²) in [6, 6.07) is 3.89. The summed E-state index contributed by atoms with van der Waals surface area (Å²) in [6.45, 7) is 6.45. The Hall–Kier alpha value is -3.09. The summed E-state index contributed by atoms with van der Waals surface area (Å²) in [6.07, 6.45) is -2.74. The molecular weight excluding hydrogens is 463 g/mol. The van der Waals surface area contributed by atoms with E-state index in [4.69, 9.17) is 4.74 Å². The Morgan fingerprint density at radius 1 is 1.03 bits per heavy atom. The zero-order chi connectivity index (χ0) is 24.4. The number of aromatic nitrogens is 2. The molecule has 9 nitrogen and oxygen atoms in total. The van der Waals surface area contributed by atoms with Crippen molar-refractivity contribution in [2.75, 3.05) is 35.8 Å². The van der Waals surface area contributed by atoms with Gasteiger partial charge in [-0.1, -0.05) is 12.1 Å². The molecule has 1 aliphatic rings. The molecule has 180 valence electrons. The summed E-state index contributed by atoms with van der Waals surface area (Å²) < 4.78 is 73.1. The molecule has 0 unspecified atom stereocenters. The number of hydrogen-bond acceptors (Lipinski definition) is 7. The van der Waals surface area contributed by atoms with E-state index >= 15 is 0 Å². The molecule has 0 aliphatic carbocycles. The summed E-state index contributed by atoms with van der Waals surface area (Å²) in [5.41, 5.74) is -1.93. The number of nitrogens with zero attached hydrogens (tertiary/aromatic N) is 4. The fourth-order valence-corrected chi connectivity index (χ4v) is 4.42. The van der Waals surface area contributed by atoms with Gasteiger partial charge in [-0.25, -0.2) is 23.2 Å². The molecule has 3 rings (SSSR count). The summed E-state index contributed by atoms with van der Waals surface area (Å²) in [7, 11) is -4.62. The number of nitrogens with one attached hydrogen (secondary N) is 1. The number of carbonyl (C=O) groups is 1. The number of benzene rings is 1. The maximum absolute atomic E-state index is 13.3. The third kappa shape index (κ3) is 6.03. The first-order valence-corrected chi connectivity index (χ1v) is 11.5. The zero-order valence-corrected chi connectivity index (χ0v) is 19.1. The minimum absolute atomic E-state index is 0.148. The lowest BCUT2D eigenvalue weighted by molar-refractivity contribution is -0.139. The number of halogens is 3. The molecule has 1 aromatic carbocycles. The average molecular weight is 488 g/mol. The molecule has 1 aromatic heterocycles. The number of piperazine rings is 1. The van der Waals surface area contributed by atoms with Crippen LogP contribution < -0.4 is 9.62 Å². The summed E-state index contributed by atoms with van der Waals surface area (Å²) >= 11 is 0. The minimum atomic E-state index is -4.85. The third-order valence-electron chi connectivity index (χ3n) is 4.62. The number of alkyl halides is 3. The SMILES string of the molecule is CC(C)(C)OC(=O)N1CCN(c2nccnc2NS(=O)(=O)c2ccccc2C(F)(F)F)CC1. The monoisotopic (exact) mass is 487 g/mol. The van der Waals surface area contributed by atoms with Crippen LogP contribution in [0.5, 0.6) is 0 Å². The first kappa shape index (κ1) is 24.6. The molecule has 2 aromatic rings. The molecule has 1 aliphatic heterocycles. The Morgan fingerprint density at radius 2 is 1.64 bits per heavy atom. The van der Waals surface area contributed by atoms with Crippen LogP contribution in [-0.2, 0) is 20.9 Å². The quantitative estimate of drug-likeness (QED) is 0.705. The van der Waals surface area contributed by atoms with Crippen molar-refractivity contribution in [1.82, 2.24) is 14.9 Å². The normalized spacial score (nSPS) is 15.3. The van der Waals surface area contributed by atoms with Gasteiger partial charge in [0.15, 0.2) is 11.6 Å². The second-order valence-electron chi connectivity index (χ2n) is 8.28. The van der Waals surface area contributed by atoms with Gasteiger partial charge in [0.1, 0.15) is 5.60 Å². The van der Waals surface area contributed by atoms with Gasteiger partial charge in [-0.05, 0) is 32.9 Å². The highest BCUT2D eigenvalue weighted by atomic mass is 32.2. The van der Waals surface area contributed by atoms with E-state index < -0.39 is 38.4 Å². The molecule has 33 heavy (non-hydrogen) atoms. The maximum Gasteiger partial charge on any atom is 0.417 e. The van der Waals surface area contributed by atoms with Crippen LogP contribution >= 0.6 is 0 Å². The lowest BCUT2D eigenvalue weighted by atomic mass is 10.2. The molecule has 0 atom stereocenters. The fraction of sp³-hybridized carbons (Fsp3) is 0.450. The Morgan fingerprint density at radius 3 is 2.24 bits per heavy atom. The lowest BCUT2D eigenvalue weighted by Crippen LogP contribution is -2.50. The second-order valence-corrected chi connectivity index (χ2v) is 9.93. The standard InChI is InChI=1S/C20H24F3N5O4S/c1-19(2,3)32-18(29)28-12-10-27(11-13-28)17-16(24-8-9-25-17)26-33(30,31)15-7-5-4-6-14(15)20(21,22)23/h4-9H,10-13H2,1-3H3,(H,24,26). The van der Waals surface area contributed by atoms with Crippen LogP contribution in [-0.4, -0.2) is 61.2 Å². The van der Waals surface area contributed by atoms with Crippen molar-refractivity contribution in [3.63, 3.8) is 0 Å². The lowest BCUT2D eigenvalue weighted by Gasteiger charge is -2.36. The zero-order valence-electron chi connectivity index (χ0n) is 18.3. The smallest absolute Gasteiger partial charge is 0.417 e. The topological polar surface area (TPSA) is 105 Å². The van der Waals surface area contributed by atoms with Crippen LogP contribution in [0.3, 0.4) is 0 Å². The van der Waals surface area contributed by atoms with Gasteiger partial charge < -0.3 is 14.5 Å². The second kappa shape index (κ2) is 9.04. The molecule has 13 heteroatoms. The number of amides is 1. The van der Waals surface area contributed by atoms with Gasteiger partial charge in [-0.2, -0.15) is 13.2 Å². The van der Waals surface area contributed by atoms with Crippen molar-refractivity contribution in [1.29, 1.82) is 0 Å². The van der Waals surface area contributed by atoms with Gasteiger partial charge >= 0.3 is 12.3 Å². The average Bonchev–Trinajstić information content (AvgIpc) is 2.72. The van der Waals surface area contributed by atoms with Gasteiger partial charge in [0, 0.05) is 38.6 Å². The number of rotatable bonds is 4. The summed E-state index contributed by atoms with van der Waals surface area (Å²) in [5, 5.41) is 0. The van der Waals surface area contributed by atoms with Crippen LogP contribution in [0.25, 0.3) is 0 Å². The van der Waals surface area contributed by atoms with E-state index in [1.807, 2.05) is 0 Å².